The van der Waals surface area contributed by atoms with Crippen molar-refractivity contribution >= 4 is 5.97 Å². The van der Waals surface area contributed by atoms with E-state index in [9.17, 15) is 9.90 Å². The lowest BCUT2D eigenvalue weighted by atomic mass is 9.98. The van der Waals surface area contributed by atoms with Crippen LogP contribution in [0.5, 0.6) is 0 Å². The fraction of sp³-hybridized carbons (Fsp3) is 0.412. The molecule has 2 rings (SSSR count). The van der Waals surface area contributed by atoms with Gasteiger partial charge in [-0.15, -0.1) is 0 Å². The molecule has 0 saturated heterocycles. The Bertz CT molecular complexity index is 624. The molecule has 0 aliphatic heterocycles. The second-order valence-corrected chi connectivity index (χ2v) is 6.01. The number of nitrogens with zero attached hydrogens (tertiary/aromatic N) is 1. The maximum atomic E-state index is 11.5. The Morgan fingerprint density at radius 3 is 2.29 bits per heavy atom. The monoisotopic (exact) mass is 287 g/mol. The van der Waals surface area contributed by atoms with E-state index in [1.807, 2.05) is 38.1 Å². The van der Waals surface area contributed by atoms with E-state index in [2.05, 4.69) is 19.0 Å². The summed E-state index contributed by atoms with van der Waals surface area (Å²) < 4.78 is 5.27. The van der Waals surface area contributed by atoms with Crippen LogP contribution < -0.4 is 0 Å². The number of aromatic nitrogens is 1. The second-order valence-electron chi connectivity index (χ2n) is 6.01. The van der Waals surface area contributed by atoms with Crippen LogP contribution >= 0.6 is 0 Å². The molecule has 0 amide bonds. The molecule has 2 aromatic rings. The molecule has 1 aromatic heterocycles. The second kappa shape index (κ2) is 6.12. The van der Waals surface area contributed by atoms with Crippen molar-refractivity contribution in [2.75, 3.05) is 0 Å². The van der Waals surface area contributed by atoms with E-state index in [4.69, 9.17) is 4.52 Å². The number of benzene rings is 1. The molecule has 1 heterocycles. The summed E-state index contributed by atoms with van der Waals surface area (Å²) in [6.07, 6.45) is 0.568. The van der Waals surface area contributed by atoms with Crippen LogP contribution in [0.1, 0.15) is 55.3 Å². The van der Waals surface area contributed by atoms with Crippen LogP contribution in [0.25, 0.3) is 11.3 Å². The van der Waals surface area contributed by atoms with E-state index in [1.165, 1.54) is 5.56 Å². The third-order valence-corrected chi connectivity index (χ3v) is 3.42. The number of carboxylic acid groups (broad SMARTS) is 1. The first-order chi connectivity index (χ1) is 9.90. The quantitative estimate of drug-likeness (QED) is 0.887. The van der Waals surface area contributed by atoms with E-state index in [0.29, 0.717) is 29.7 Å². The number of carbonyl (C=O) groups is 1. The minimum absolute atomic E-state index is 0.181. The highest BCUT2D eigenvalue weighted by Crippen LogP contribution is 2.28. The Morgan fingerprint density at radius 1 is 1.19 bits per heavy atom. The highest BCUT2D eigenvalue weighted by molar-refractivity contribution is 5.95. The van der Waals surface area contributed by atoms with Gasteiger partial charge in [0.1, 0.15) is 11.3 Å². The molecule has 1 aromatic carbocycles. The molecular formula is C17H21NO3. The third kappa shape index (κ3) is 3.32. The molecule has 1 N–H and O–H groups in total. The Balaban J connectivity index is 2.43. The molecule has 0 bridgehead atoms. The lowest BCUT2D eigenvalue weighted by Crippen LogP contribution is -2.04. The highest BCUT2D eigenvalue weighted by atomic mass is 16.5. The predicted octanol–water partition coefficient (Wildman–Crippen LogP) is 4.36. The van der Waals surface area contributed by atoms with E-state index in [0.717, 1.165) is 5.56 Å². The summed E-state index contributed by atoms with van der Waals surface area (Å²) in [6.45, 7) is 8.28. The zero-order valence-electron chi connectivity index (χ0n) is 12.9. The van der Waals surface area contributed by atoms with E-state index in [-0.39, 0.29) is 5.56 Å². The van der Waals surface area contributed by atoms with Gasteiger partial charge >= 0.3 is 5.97 Å². The van der Waals surface area contributed by atoms with Crippen LogP contribution in [0.15, 0.2) is 28.8 Å². The summed E-state index contributed by atoms with van der Waals surface area (Å²) in [5.41, 5.74) is 2.58. The molecular weight excluding hydrogens is 266 g/mol. The minimum atomic E-state index is -0.991. The average Bonchev–Trinajstić information content (AvgIpc) is 2.81. The lowest BCUT2D eigenvalue weighted by molar-refractivity contribution is 0.0695. The molecule has 0 unspecified atom stereocenters. The molecule has 0 aliphatic rings. The van der Waals surface area contributed by atoms with Crippen LogP contribution in [0.3, 0.4) is 0 Å². The zero-order chi connectivity index (χ0) is 15.6. The van der Waals surface area contributed by atoms with Crippen LogP contribution in [0.4, 0.5) is 0 Å². The SMILES string of the molecule is CC(C)Cc1onc(-c2ccc(C(C)C)cc2)c1C(=O)O. The Morgan fingerprint density at radius 2 is 1.81 bits per heavy atom. The summed E-state index contributed by atoms with van der Waals surface area (Å²) in [7, 11) is 0. The van der Waals surface area contributed by atoms with Crippen molar-refractivity contribution in [2.24, 2.45) is 5.92 Å². The predicted molar refractivity (Wildman–Crippen MR) is 81.5 cm³/mol. The van der Waals surface area contributed by atoms with Gasteiger partial charge in [-0.1, -0.05) is 57.1 Å². The van der Waals surface area contributed by atoms with Crippen LogP contribution in [0, 0.1) is 5.92 Å². The van der Waals surface area contributed by atoms with Gasteiger partial charge in [-0.2, -0.15) is 0 Å². The van der Waals surface area contributed by atoms with Gasteiger partial charge in [0.2, 0.25) is 0 Å². The van der Waals surface area contributed by atoms with Gasteiger partial charge in [0.25, 0.3) is 0 Å². The minimum Gasteiger partial charge on any atom is -0.477 e. The third-order valence-electron chi connectivity index (χ3n) is 3.42. The topological polar surface area (TPSA) is 63.3 Å². The Kier molecular flexibility index (Phi) is 4.46. The van der Waals surface area contributed by atoms with Crippen molar-refractivity contribution in [3.05, 3.63) is 41.2 Å². The van der Waals surface area contributed by atoms with Gasteiger partial charge in [-0.3, -0.25) is 0 Å². The van der Waals surface area contributed by atoms with E-state index >= 15 is 0 Å². The van der Waals surface area contributed by atoms with Crippen molar-refractivity contribution in [1.82, 2.24) is 5.16 Å². The molecule has 0 radical (unpaired) electrons. The average molecular weight is 287 g/mol. The molecule has 0 aliphatic carbocycles. The van der Waals surface area contributed by atoms with Crippen molar-refractivity contribution in [2.45, 2.75) is 40.0 Å². The molecule has 4 nitrogen and oxygen atoms in total. The van der Waals surface area contributed by atoms with Crippen molar-refractivity contribution < 1.29 is 14.4 Å². The van der Waals surface area contributed by atoms with Crippen LogP contribution in [-0.2, 0) is 6.42 Å². The standard InChI is InChI=1S/C17H21NO3/c1-10(2)9-14-15(17(19)20)16(18-21-14)13-7-5-12(6-8-13)11(3)4/h5-8,10-11H,9H2,1-4H3,(H,19,20). The number of hydrogen-bond acceptors (Lipinski definition) is 3. The van der Waals surface area contributed by atoms with Crippen molar-refractivity contribution in [3.8, 4) is 11.3 Å². The van der Waals surface area contributed by atoms with Gasteiger partial charge in [-0.05, 0) is 17.4 Å². The fourth-order valence-corrected chi connectivity index (χ4v) is 2.28. The first kappa shape index (κ1) is 15.3. The number of hydrogen-bond donors (Lipinski definition) is 1. The highest BCUT2D eigenvalue weighted by Gasteiger charge is 2.23. The summed E-state index contributed by atoms with van der Waals surface area (Å²) in [4.78, 5) is 11.5. The lowest BCUT2D eigenvalue weighted by Gasteiger charge is -2.06. The number of carboxylic acids is 1. The van der Waals surface area contributed by atoms with Crippen LogP contribution in [0.2, 0.25) is 0 Å². The summed E-state index contributed by atoms with van der Waals surface area (Å²) >= 11 is 0. The van der Waals surface area contributed by atoms with Crippen molar-refractivity contribution in [1.29, 1.82) is 0 Å². The van der Waals surface area contributed by atoms with E-state index < -0.39 is 5.97 Å². The molecule has 21 heavy (non-hydrogen) atoms. The van der Waals surface area contributed by atoms with Gasteiger partial charge in [0.15, 0.2) is 5.76 Å². The normalized spacial score (nSPS) is 11.3. The molecule has 0 saturated carbocycles. The maximum Gasteiger partial charge on any atom is 0.341 e. The fourth-order valence-electron chi connectivity index (χ4n) is 2.28. The summed E-state index contributed by atoms with van der Waals surface area (Å²) in [5, 5.41) is 13.4. The molecule has 0 spiro atoms. The first-order valence-electron chi connectivity index (χ1n) is 7.22. The van der Waals surface area contributed by atoms with Crippen molar-refractivity contribution in [3.63, 3.8) is 0 Å². The van der Waals surface area contributed by atoms with Gasteiger partial charge in [-0.25, -0.2) is 4.79 Å². The smallest absolute Gasteiger partial charge is 0.341 e. The van der Waals surface area contributed by atoms with Gasteiger partial charge in [0.05, 0.1) is 0 Å². The maximum absolute atomic E-state index is 11.5. The number of rotatable bonds is 5. The number of aromatic carboxylic acids is 1. The summed E-state index contributed by atoms with van der Waals surface area (Å²) in [6, 6.07) is 7.81. The first-order valence-corrected chi connectivity index (χ1v) is 7.22. The Labute approximate surface area is 124 Å². The molecule has 4 heteroatoms. The van der Waals surface area contributed by atoms with E-state index in [1.54, 1.807) is 0 Å². The largest absolute Gasteiger partial charge is 0.477 e. The van der Waals surface area contributed by atoms with Gasteiger partial charge < -0.3 is 9.63 Å². The summed E-state index contributed by atoms with van der Waals surface area (Å²) in [5.74, 6) is 0.203. The molecule has 0 atom stereocenters. The zero-order valence-corrected chi connectivity index (χ0v) is 12.9. The van der Waals surface area contributed by atoms with Gasteiger partial charge in [0, 0.05) is 12.0 Å². The molecule has 112 valence electrons. The molecule has 0 fully saturated rings. The Hall–Kier alpha value is -2.10. The van der Waals surface area contributed by atoms with Crippen LogP contribution in [-0.4, -0.2) is 16.2 Å².